The van der Waals surface area contributed by atoms with Gasteiger partial charge < -0.3 is 29.2 Å². The molecule has 0 radical (unpaired) electrons. The Kier molecular flexibility index (Phi) is 10.5. The monoisotopic (exact) mass is 825 g/mol. The molecular weight excluding hydrogens is 775 g/mol. The summed E-state index contributed by atoms with van der Waals surface area (Å²) in [6.45, 7) is 13.6. The smallest absolute Gasteiger partial charge is 0.315 e. The second-order valence-corrected chi connectivity index (χ2v) is 17.6. The highest BCUT2D eigenvalue weighted by atomic mass is 16.5. The van der Waals surface area contributed by atoms with E-state index in [1.54, 1.807) is 13.4 Å². The Morgan fingerprint density at radius 1 is 1.00 bits per heavy atom. The van der Waals surface area contributed by atoms with E-state index in [1.807, 2.05) is 58.9 Å². The molecule has 0 spiro atoms. The quantitative estimate of drug-likeness (QED) is 0.128. The standard InChI is InChI=1S/C46H51N9O6/c1-25-19-28(9-12-32(25)26(2)49-43(58)44-52-45(53-61-44)46(3,4)5)40-39-33-22-37(59-6)35(23-34(33)50-41(39)48-24-47-40)55-17-15-54(16-18-55)30-20-29(21-30)27-7-10-31(11-8-27)60-36-13-14-38(56)51-42(36)57/h7-12,19,22-24,26,29-30,36H,13-18,20-21H2,1-6H3,(H,49,58)(H,47,48,50)(H,51,56,57)/t26-,29?,30?,36+/m1/s1. The molecule has 15 heteroatoms. The highest BCUT2D eigenvalue weighted by Crippen LogP contribution is 2.43. The molecule has 2 atom stereocenters. The van der Waals surface area contributed by atoms with Crippen LogP contribution in [-0.2, 0) is 15.0 Å². The Morgan fingerprint density at radius 3 is 2.46 bits per heavy atom. The zero-order valence-electron chi connectivity index (χ0n) is 35.4. The highest BCUT2D eigenvalue weighted by molar-refractivity contribution is 6.13. The fourth-order valence-electron chi connectivity index (χ4n) is 8.89. The predicted octanol–water partition coefficient (Wildman–Crippen LogP) is 6.52. The number of H-pyrrole nitrogens is 1. The lowest BCUT2D eigenvalue weighted by Gasteiger charge is -2.47. The van der Waals surface area contributed by atoms with Gasteiger partial charge in [0.1, 0.15) is 23.5 Å². The molecule has 2 saturated heterocycles. The van der Waals surface area contributed by atoms with E-state index >= 15 is 0 Å². The van der Waals surface area contributed by atoms with Gasteiger partial charge in [-0.25, -0.2) is 9.97 Å². The van der Waals surface area contributed by atoms with E-state index in [2.05, 4.69) is 70.9 Å². The number of hydrogen-bond donors (Lipinski definition) is 3. The van der Waals surface area contributed by atoms with Gasteiger partial charge >= 0.3 is 11.8 Å². The van der Waals surface area contributed by atoms with E-state index in [9.17, 15) is 14.4 Å². The number of piperazine rings is 1. The van der Waals surface area contributed by atoms with Crippen molar-refractivity contribution in [3.8, 4) is 22.8 Å². The number of carbonyl (C=O) groups excluding carboxylic acids is 3. The third-order valence-electron chi connectivity index (χ3n) is 12.4. The molecule has 3 aromatic heterocycles. The Labute approximate surface area is 353 Å². The largest absolute Gasteiger partial charge is 0.495 e. The van der Waals surface area contributed by atoms with Crippen LogP contribution in [0.2, 0.25) is 0 Å². The molecular formula is C46H51N9O6. The van der Waals surface area contributed by atoms with Crippen molar-refractivity contribution in [1.29, 1.82) is 0 Å². The summed E-state index contributed by atoms with van der Waals surface area (Å²) in [6.07, 6.45) is 3.87. The Balaban J connectivity index is 0.848. The van der Waals surface area contributed by atoms with Crippen LogP contribution >= 0.6 is 0 Å². The van der Waals surface area contributed by atoms with Crippen molar-refractivity contribution in [3.63, 3.8) is 0 Å². The fourth-order valence-corrected chi connectivity index (χ4v) is 8.89. The van der Waals surface area contributed by atoms with Crippen molar-refractivity contribution in [3.05, 3.63) is 89.3 Å². The number of hydrogen-bond acceptors (Lipinski definition) is 12. The molecule has 316 valence electrons. The van der Waals surface area contributed by atoms with Gasteiger partial charge in [-0.3, -0.25) is 24.6 Å². The molecule has 3 fully saturated rings. The Morgan fingerprint density at radius 2 is 1.77 bits per heavy atom. The van der Waals surface area contributed by atoms with Crippen LogP contribution in [0, 0.1) is 6.92 Å². The van der Waals surface area contributed by atoms with Crippen LogP contribution in [0.1, 0.15) is 98.5 Å². The first-order chi connectivity index (χ1) is 29.3. The minimum absolute atomic E-state index is 0.0554. The number of nitrogens with one attached hydrogen (secondary N) is 3. The van der Waals surface area contributed by atoms with Crippen LogP contribution in [0.4, 0.5) is 5.69 Å². The van der Waals surface area contributed by atoms with Crippen molar-refractivity contribution in [2.45, 2.75) is 89.8 Å². The first-order valence-corrected chi connectivity index (χ1v) is 21.0. The molecule has 61 heavy (non-hydrogen) atoms. The van der Waals surface area contributed by atoms with E-state index in [4.69, 9.17) is 19.0 Å². The van der Waals surface area contributed by atoms with Crippen molar-refractivity contribution >= 4 is 45.3 Å². The van der Waals surface area contributed by atoms with E-state index < -0.39 is 12.0 Å². The molecule has 1 aliphatic carbocycles. The number of anilines is 1. The number of amides is 3. The summed E-state index contributed by atoms with van der Waals surface area (Å²) in [7, 11) is 1.72. The van der Waals surface area contributed by atoms with Gasteiger partial charge in [0.05, 0.1) is 35.4 Å². The van der Waals surface area contributed by atoms with E-state index in [-0.39, 0.29) is 29.2 Å². The normalized spacial score (nSPS) is 20.4. The lowest BCUT2D eigenvalue weighted by atomic mass is 9.75. The SMILES string of the molecule is COc1cc2c(cc1N1CCN(C3CC(c4ccc(O[C@H]5CCC(=O)NC5=O)cc4)C3)CC1)[nH]c1ncnc(-c3ccc([C@@H](C)NC(=O)c4nc(C(C)(C)C)no4)c(C)c3)c12. The summed E-state index contributed by atoms with van der Waals surface area (Å²) in [4.78, 5) is 58.9. The molecule has 5 heterocycles. The predicted molar refractivity (Wildman–Crippen MR) is 230 cm³/mol. The molecule has 3 amide bonds. The van der Waals surface area contributed by atoms with Gasteiger partial charge in [0.15, 0.2) is 11.9 Å². The average Bonchev–Trinajstić information content (AvgIpc) is 3.88. The van der Waals surface area contributed by atoms with Crippen molar-refractivity contribution in [2.24, 2.45) is 0 Å². The van der Waals surface area contributed by atoms with Crippen LogP contribution in [0.5, 0.6) is 11.5 Å². The minimum Gasteiger partial charge on any atom is -0.495 e. The highest BCUT2D eigenvalue weighted by Gasteiger charge is 2.36. The maximum atomic E-state index is 13.0. The summed E-state index contributed by atoms with van der Waals surface area (Å²) in [6, 6.07) is 18.7. The lowest BCUT2D eigenvalue weighted by molar-refractivity contribution is -0.138. The number of aromatic nitrogens is 5. The van der Waals surface area contributed by atoms with Gasteiger partial charge in [0.2, 0.25) is 5.91 Å². The summed E-state index contributed by atoms with van der Waals surface area (Å²) in [5.41, 5.74) is 7.43. The molecule has 3 aliphatic rings. The topological polar surface area (TPSA) is 181 Å². The molecule has 0 bridgehead atoms. The number of nitrogens with zero attached hydrogens (tertiary/aromatic N) is 6. The zero-order chi connectivity index (χ0) is 42.6. The lowest BCUT2D eigenvalue weighted by Crippen LogP contribution is -2.53. The van der Waals surface area contributed by atoms with Gasteiger partial charge in [-0.1, -0.05) is 50.2 Å². The van der Waals surface area contributed by atoms with Crippen LogP contribution < -0.4 is 25.0 Å². The molecule has 9 rings (SSSR count). The average molecular weight is 826 g/mol. The molecule has 1 saturated carbocycles. The Bertz CT molecular complexity index is 2630. The summed E-state index contributed by atoms with van der Waals surface area (Å²) in [5.74, 6) is 1.34. The molecule has 6 aromatic rings. The van der Waals surface area contributed by atoms with Crippen molar-refractivity contribution in [1.82, 2.24) is 40.6 Å². The number of piperidine rings is 1. The van der Waals surface area contributed by atoms with E-state index in [1.165, 1.54) is 5.56 Å². The number of fused-ring (bicyclic) bond motifs is 3. The number of benzene rings is 3. The number of imide groups is 1. The van der Waals surface area contributed by atoms with E-state index in [0.29, 0.717) is 36.4 Å². The molecule has 3 N–H and O–H groups in total. The van der Waals surface area contributed by atoms with Gasteiger partial charge in [-0.05, 0) is 79.6 Å². The number of carbonyl (C=O) groups is 3. The van der Waals surface area contributed by atoms with Crippen LogP contribution in [-0.4, -0.2) is 93.1 Å². The molecule has 2 aliphatic heterocycles. The molecule has 3 aromatic carbocycles. The number of ether oxygens (including phenoxy) is 2. The van der Waals surface area contributed by atoms with Gasteiger partial charge in [-0.15, -0.1) is 0 Å². The van der Waals surface area contributed by atoms with Crippen molar-refractivity contribution < 1.29 is 28.4 Å². The Hall–Kier alpha value is -6.35. The van der Waals surface area contributed by atoms with Gasteiger partial charge in [0.25, 0.3) is 5.91 Å². The van der Waals surface area contributed by atoms with Crippen LogP contribution in [0.25, 0.3) is 33.2 Å². The second kappa shape index (κ2) is 15.9. The molecule has 15 nitrogen and oxygen atoms in total. The summed E-state index contributed by atoms with van der Waals surface area (Å²) < 4.78 is 17.2. The van der Waals surface area contributed by atoms with Crippen molar-refractivity contribution in [2.75, 3.05) is 38.2 Å². The van der Waals surface area contributed by atoms with Gasteiger partial charge in [-0.2, -0.15) is 4.98 Å². The van der Waals surface area contributed by atoms with E-state index in [0.717, 1.165) is 94.8 Å². The molecule has 0 unspecified atom stereocenters. The first-order valence-electron chi connectivity index (χ1n) is 21.0. The fraction of sp³-hybridized carbons (Fsp3) is 0.413. The maximum absolute atomic E-state index is 13.0. The third-order valence-corrected chi connectivity index (χ3v) is 12.4. The van der Waals surface area contributed by atoms with Crippen LogP contribution in [0.15, 0.2) is 65.4 Å². The maximum Gasteiger partial charge on any atom is 0.315 e. The second-order valence-electron chi connectivity index (χ2n) is 17.6. The number of methoxy groups -OCH3 is 1. The number of aryl methyl sites for hydroxylation is 1. The van der Waals surface area contributed by atoms with Crippen LogP contribution in [0.3, 0.4) is 0 Å². The van der Waals surface area contributed by atoms with Gasteiger partial charge in [0, 0.05) is 61.4 Å². The zero-order valence-corrected chi connectivity index (χ0v) is 35.4. The summed E-state index contributed by atoms with van der Waals surface area (Å²) >= 11 is 0. The third kappa shape index (κ3) is 7.89. The minimum atomic E-state index is -0.631. The number of aromatic amines is 1. The summed E-state index contributed by atoms with van der Waals surface area (Å²) in [5, 5.41) is 11.2. The number of rotatable bonds is 10. The first kappa shape index (κ1) is 40.1.